The highest BCUT2D eigenvalue weighted by Crippen LogP contribution is 2.42. The number of anilines is 1. The molecule has 4 rings (SSSR count). The first-order chi connectivity index (χ1) is 18.7. The second kappa shape index (κ2) is 12.5. The molecule has 1 aliphatic rings. The summed E-state index contributed by atoms with van der Waals surface area (Å²) in [6, 6.07) is 7.56. The minimum atomic E-state index is -1.44. The zero-order valence-corrected chi connectivity index (χ0v) is 22.8. The van der Waals surface area contributed by atoms with Gasteiger partial charge in [-0.3, -0.25) is 4.98 Å². The van der Waals surface area contributed by atoms with E-state index in [1.807, 2.05) is 37.2 Å². The van der Waals surface area contributed by atoms with Crippen LogP contribution in [0.15, 0.2) is 36.5 Å². The van der Waals surface area contributed by atoms with Gasteiger partial charge in [0, 0.05) is 31.7 Å². The van der Waals surface area contributed by atoms with Gasteiger partial charge in [0.15, 0.2) is 17.5 Å². The van der Waals surface area contributed by atoms with Crippen LogP contribution in [0.5, 0.6) is 5.75 Å². The maximum absolute atomic E-state index is 16.0. The minimum Gasteiger partial charge on any atom is -0.497 e. The van der Waals surface area contributed by atoms with Crippen LogP contribution in [-0.2, 0) is 6.42 Å². The fraction of sp³-hybridized carbons (Fsp3) is 0.500. The molecule has 0 bridgehead atoms. The van der Waals surface area contributed by atoms with Crippen molar-refractivity contribution >= 4 is 16.6 Å². The number of aromatic nitrogens is 1. The number of alkyl halides is 1. The second-order valence-corrected chi connectivity index (χ2v) is 10.8. The number of halogens is 4. The van der Waals surface area contributed by atoms with Gasteiger partial charge in [-0.15, -0.1) is 0 Å². The summed E-state index contributed by atoms with van der Waals surface area (Å²) < 4.78 is 61.5. The summed E-state index contributed by atoms with van der Waals surface area (Å²) in [6.45, 7) is 2.22. The van der Waals surface area contributed by atoms with Crippen LogP contribution in [0.2, 0.25) is 0 Å². The lowest BCUT2D eigenvalue weighted by Crippen LogP contribution is -2.42. The van der Waals surface area contributed by atoms with Gasteiger partial charge in [0.1, 0.15) is 11.9 Å². The Labute approximate surface area is 227 Å². The third-order valence-corrected chi connectivity index (χ3v) is 8.05. The number of piperidine rings is 1. The van der Waals surface area contributed by atoms with E-state index in [0.29, 0.717) is 41.7 Å². The molecule has 212 valence electrons. The Morgan fingerprint density at radius 1 is 1.10 bits per heavy atom. The van der Waals surface area contributed by atoms with Gasteiger partial charge < -0.3 is 19.6 Å². The molecule has 0 saturated carbocycles. The van der Waals surface area contributed by atoms with Crippen LogP contribution in [0.3, 0.4) is 0 Å². The second-order valence-electron chi connectivity index (χ2n) is 10.8. The molecule has 0 aliphatic carbocycles. The molecule has 1 atom stereocenters. The summed E-state index contributed by atoms with van der Waals surface area (Å²) in [7, 11) is 5.32. The predicted molar refractivity (Wildman–Crippen MR) is 146 cm³/mol. The lowest BCUT2D eigenvalue weighted by Gasteiger charge is -2.41. The lowest BCUT2D eigenvalue weighted by molar-refractivity contribution is 0.0300. The van der Waals surface area contributed by atoms with E-state index in [1.54, 1.807) is 13.3 Å². The number of methoxy groups -OCH3 is 1. The fourth-order valence-corrected chi connectivity index (χ4v) is 5.57. The van der Waals surface area contributed by atoms with Crippen molar-refractivity contribution in [3.63, 3.8) is 0 Å². The van der Waals surface area contributed by atoms with Gasteiger partial charge in [0.25, 0.3) is 0 Å². The Morgan fingerprint density at radius 2 is 1.79 bits per heavy atom. The number of rotatable bonds is 11. The van der Waals surface area contributed by atoms with Crippen LogP contribution in [-0.4, -0.2) is 62.4 Å². The molecule has 2 heterocycles. The maximum Gasteiger partial charge on any atom is 0.194 e. The van der Waals surface area contributed by atoms with Gasteiger partial charge in [0.05, 0.1) is 24.5 Å². The Kier molecular flexibility index (Phi) is 9.33. The summed E-state index contributed by atoms with van der Waals surface area (Å²) >= 11 is 0. The number of aryl methyl sites for hydroxylation is 1. The topological polar surface area (TPSA) is 48.8 Å². The highest BCUT2D eigenvalue weighted by atomic mass is 19.2. The van der Waals surface area contributed by atoms with Crippen molar-refractivity contribution in [3.8, 4) is 5.75 Å². The number of hydrogen-bond donors (Lipinski definition) is 1. The predicted octanol–water partition coefficient (Wildman–Crippen LogP) is 6.22. The van der Waals surface area contributed by atoms with Crippen molar-refractivity contribution in [2.75, 3.05) is 52.3 Å². The number of hydrogen-bond acceptors (Lipinski definition) is 5. The molecule has 0 amide bonds. The zero-order chi connectivity index (χ0) is 28.2. The first-order valence-corrected chi connectivity index (χ1v) is 13.4. The van der Waals surface area contributed by atoms with Crippen molar-refractivity contribution in [3.05, 3.63) is 65.1 Å². The van der Waals surface area contributed by atoms with E-state index >= 15 is 4.39 Å². The van der Waals surface area contributed by atoms with E-state index in [0.717, 1.165) is 55.7 Å². The van der Waals surface area contributed by atoms with Crippen LogP contribution in [0.4, 0.5) is 23.2 Å². The van der Waals surface area contributed by atoms with Gasteiger partial charge in [0.2, 0.25) is 0 Å². The Morgan fingerprint density at radius 3 is 2.41 bits per heavy atom. The van der Waals surface area contributed by atoms with Gasteiger partial charge in [-0.1, -0.05) is 0 Å². The van der Waals surface area contributed by atoms with Crippen molar-refractivity contribution in [1.29, 1.82) is 0 Å². The molecule has 9 heteroatoms. The number of likely N-dealkylation sites (tertiary alicyclic amines) is 1. The van der Waals surface area contributed by atoms with E-state index < -0.39 is 23.6 Å². The third-order valence-electron chi connectivity index (χ3n) is 8.05. The van der Waals surface area contributed by atoms with Gasteiger partial charge in [-0.05, 0) is 99.5 Å². The molecule has 1 aromatic heterocycles. The number of nitrogens with zero attached hydrogens (tertiary/aromatic N) is 3. The molecule has 1 fully saturated rings. The molecule has 1 N–H and O–H groups in total. The van der Waals surface area contributed by atoms with Crippen molar-refractivity contribution in [2.24, 2.45) is 5.41 Å². The monoisotopic (exact) mass is 547 g/mol. The normalized spacial score (nSPS) is 16.4. The number of fused-ring (bicyclic) bond motifs is 1. The Hall–Kier alpha value is -2.91. The number of ether oxygens (including phenoxy) is 1. The summed E-state index contributed by atoms with van der Waals surface area (Å²) in [5.74, 6) is -3.14. The van der Waals surface area contributed by atoms with Crippen molar-refractivity contribution in [2.45, 2.75) is 44.7 Å². The summed E-state index contributed by atoms with van der Waals surface area (Å²) in [5.41, 5.74) is 2.08. The Balaban J connectivity index is 1.37. The molecule has 0 unspecified atom stereocenters. The molecule has 5 nitrogen and oxygen atoms in total. The quantitative estimate of drug-likeness (QED) is 0.228. The van der Waals surface area contributed by atoms with Crippen molar-refractivity contribution < 1.29 is 27.4 Å². The number of benzene rings is 2. The zero-order valence-electron chi connectivity index (χ0n) is 22.8. The average Bonchev–Trinajstić information content (AvgIpc) is 2.94. The lowest BCUT2D eigenvalue weighted by atomic mass is 9.74. The SMILES string of the molecule is COc1ccc2ncc(N(C)C)c([C@H](F)CCC3(CO)CCN(CCCc4cc(F)c(F)c(F)c4)CC3)c2c1. The molecular weight excluding hydrogens is 510 g/mol. The van der Waals surface area contributed by atoms with E-state index in [4.69, 9.17) is 4.74 Å². The van der Waals surface area contributed by atoms with Crippen LogP contribution >= 0.6 is 0 Å². The molecule has 1 saturated heterocycles. The highest BCUT2D eigenvalue weighted by molar-refractivity contribution is 5.88. The summed E-state index contributed by atoms with van der Waals surface area (Å²) in [6.07, 6.45) is 3.88. The first kappa shape index (κ1) is 29.1. The Bertz CT molecular complexity index is 1260. The minimum absolute atomic E-state index is 0.00680. The van der Waals surface area contributed by atoms with Gasteiger partial charge in [-0.2, -0.15) is 0 Å². The third kappa shape index (κ3) is 6.64. The van der Waals surface area contributed by atoms with E-state index in [-0.39, 0.29) is 18.4 Å². The fourth-order valence-electron chi connectivity index (χ4n) is 5.57. The maximum atomic E-state index is 16.0. The number of pyridine rings is 1. The molecular formula is C30H37F4N3O2. The summed E-state index contributed by atoms with van der Waals surface area (Å²) in [4.78, 5) is 8.62. The standard InChI is InChI=1S/C30H37F4N3O2/c1-36(2)27-18-35-26-7-6-21(39-3)17-22(26)28(27)23(31)8-9-30(19-38)10-13-37(14-11-30)12-4-5-20-15-24(32)29(34)25(33)16-20/h6-7,15-18,23,38H,4-5,8-14,19H2,1-3H3/t23-/m1/s1. The van der Waals surface area contributed by atoms with E-state index in [2.05, 4.69) is 9.88 Å². The smallest absolute Gasteiger partial charge is 0.194 e. The molecule has 39 heavy (non-hydrogen) atoms. The van der Waals surface area contributed by atoms with Crippen LogP contribution in [0.25, 0.3) is 10.9 Å². The van der Waals surface area contributed by atoms with Crippen LogP contribution in [0.1, 0.15) is 49.4 Å². The van der Waals surface area contributed by atoms with Gasteiger partial charge >= 0.3 is 0 Å². The van der Waals surface area contributed by atoms with Crippen LogP contribution in [0, 0.1) is 22.9 Å². The molecule has 3 aromatic rings. The number of aliphatic hydroxyl groups is 1. The molecule has 2 aromatic carbocycles. The van der Waals surface area contributed by atoms with Crippen molar-refractivity contribution in [1.82, 2.24) is 9.88 Å². The highest BCUT2D eigenvalue weighted by Gasteiger charge is 2.35. The number of aliphatic hydroxyl groups excluding tert-OH is 1. The average molecular weight is 548 g/mol. The van der Waals surface area contributed by atoms with Gasteiger partial charge in [-0.25, -0.2) is 17.6 Å². The van der Waals surface area contributed by atoms with E-state index in [9.17, 15) is 18.3 Å². The molecule has 0 radical (unpaired) electrons. The molecule has 0 spiro atoms. The molecule has 1 aliphatic heterocycles. The van der Waals surface area contributed by atoms with Crippen LogP contribution < -0.4 is 9.64 Å². The largest absolute Gasteiger partial charge is 0.497 e. The first-order valence-electron chi connectivity index (χ1n) is 13.4. The van der Waals surface area contributed by atoms with E-state index in [1.165, 1.54) is 0 Å². The summed E-state index contributed by atoms with van der Waals surface area (Å²) in [5, 5.41) is 11.0.